The molecule has 4 rings (SSSR count). The van der Waals surface area contributed by atoms with E-state index in [2.05, 4.69) is 27.9 Å². The average Bonchev–Trinajstić information content (AvgIpc) is 2.89. The molecule has 4 aromatic carbocycles. The summed E-state index contributed by atoms with van der Waals surface area (Å²) in [5.41, 5.74) is 2.92. The van der Waals surface area contributed by atoms with E-state index in [9.17, 15) is 10.1 Å². The summed E-state index contributed by atoms with van der Waals surface area (Å²) in [5, 5.41) is 14.3. The molecule has 0 amide bonds. The van der Waals surface area contributed by atoms with Crippen LogP contribution in [0.15, 0.2) is 91.0 Å². The highest BCUT2D eigenvalue weighted by Crippen LogP contribution is 2.35. The Morgan fingerprint density at radius 2 is 1.56 bits per heavy atom. The number of benzene rings is 4. The van der Waals surface area contributed by atoms with Gasteiger partial charge in [0.2, 0.25) is 0 Å². The molecular formula is C28H25IN2O5. The molecule has 0 saturated carbocycles. The van der Waals surface area contributed by atoms with Gasteiger partial charge in [0, 0.05) is 24.4 Å². The minimum absolute atomic E-state index is 0.0542. The third-order valence-electron chi connectivity index (χ3n) is 5.23. The number of hydrogen-bond donors (Lipinski definition) is 1. The molecule has 0 aromatic heterocycles. The van der Waals surface area contributed by atoms with Crippen LogP contribution in [-0.4, -0.2) is 11.5 Å². The first kappa shape index (κ1) is 25.3. The van der Waals surface area contributed by atoms with Gasteiger partial charge in [0.05, 0.1) is 15.1 Å². The minimum Gasteiger partial charge on any atom is -0.490 e. The van der Waals surface area contributed by atoms with Crippen LogP contribution >= 0.6 is 22.6 Å². The van der Waals surface area contributed by atoms with E-state index in [4.69, 9.17) is 14.2 Å². The van der Waals surface area contributed by atoms with Crippen LogP contribution in [0, 0.1) is 13.7 Å². The molecule has 0 heterocycles. The molecule has 7 nitrogen and oxygen atoms in total. The van der Waals surface area contributed by atoms with E-state index in [0.29, 0.717) is 24.7 Å². The average molecular weight is 596 g/mol. The second-order valence-corrected chi connectivity index (χ2v) is 9.01. The molecule has 0 bridgehead atoms. The summed E-state index contributed by atoms with van der Waals surface area (Å²) < 4.78 is 18.7. The number of rotatable bonds is 11. The maximum atomic E-state index is 10.9. The van der Waals surface area contributed by atoms with Crippen LogP contribution in [0.25, 0.3) is 0 Å². The predicted octanol–water partition coefficient (Wildman–Crippen LogP) is 7.58. The van der Waals surface area contributed by atoms with Crippen molar-refractivity contribution in [2.75, 3.05) is 11.9 Å². The molecule has 36 heavy (non-hydrogen) atoms. The molecule has 0 aliphatic heterocycles. The van der Waals surface area contributed by atoms with Crippen LogP contribution in [0.2, 0.25) is 0 Å². The number of halogens is 1. The summed E-state index contributed by atoms with van der Waals surface area (Å²) in [6.45, 7) is 3.32. The number of nitrogens with one attached hydrogen (secondary N) is 1. The Kier molecular flexibility index (Phi) is 8.62. The summed E-state index contributed by atoms with van der Waals surface area (Å²) in [4.78, 5) is 10.4. The van der Waals surface area contributed by atoms with Gasteiger partial charge < -0.3 is 19.5 Å². The van der Waals surface area contributed by atoms with E-state index >= 15 is 0 Å². The Morgan fingerprint density at radius 1 is 0.861 bits per heavy atom. The number of nitro groups is 1. The molecule has 0 fully saturated rings. The first-order valence-electron chi connectivity index (χ1n) is 11.4. The molecule has 0 saturated heterocycles. The van der Waals surface area contributed by atoms with Gasteiger partial charge in [-0.3, -0.25) is 10.1 Å². The molecule has 0 spiro atoms. The van der Waals surface area contributed by atoms with Crippen molar-refractivity contribution in [3.05, 3.63) is 116 Å². The van der Waals surface area contributed by atoms with Gasteiger partial charge in [-0.2, -0.15) is 0 Å². The fraction of sp³-hybridized carbons (Fsp3) is 0.143. The highest BCUT2D eigenvalue weighted by molar-refractivity contribution is 14.1. The van der Waals surface area contributed by atoms with Crippen molar-refractivity contribution >= 4 is 34.0 Å². The van der Waals surface area contributed by atoms with Gasteiger partial charge in [0.25, 0.3) is 5.69 Å². The monoisotopic (exact) mass is 596 g/mol. The summed E-state index contributed by atoms with van der Waals surface area (Å²) >= 11 is 2.24. The smallest absolute Gasteiger partial charge is 0.269 e. The topological polar surface area (TPSA) is 82.9 Å². The normalized spacial score (nSPS) is 10.5. The van der Waals surface area contributed by atoms with Crippen molar-refractivity contribution < 1.29 is 19.1 Å². The number of anilines is 1. The van der Waals surface area contributed by atoms with E-state index in [1.807, 2.05) is 73.7 Å². The lowest BCUT2D eigenvalue weighted by Crippen LogP contribution is -2.05. The van der Waals surface area contributed by atoms with Gasteiger partial charge in [-0.15, -0.1) is 0 Å². The van der Waals surface area contributed by atoms with E-state index in [1.54, 1.807) is 12.1 Å². The van der Waals surface area contributed by atoms with Gasteiger partial charge in [0.1, 0.15) is 18.1 Å². The number of non-ortho nitro benzene ring substituents is 1. The lowest BCUT2D eigenvalue weighted by Gasteiger charge is -2.16. The Balaban J connectivity index is 1.39. The van der Waals surface area contributed by atoms with Crippen molar-refractivity contribution in [1.29, 1.82) is 0 Å². The molecule has 1 N–H and O–H groups in total. The summed E-state index contributed by atoms with van der Waals surface area (Å²) in [6, 6.07) is 27.9. The zero-order chi connectivity index (χ0) is 25.3. The lowest BCUT2D eigenvalue weighted by molar-refractivity contribution is -0.384. The fourth-order valence-corrected chi connectivity index (χ4v) is 4.29. The number of ether oxygens (including phenoxy) is 3. The Bertz CT molecular complexity index is 1300. The minimum atomic E-state index is -0.416. The second kappa shape index (κ2) is 12.3. The van der Waals surface area contributed by atoms with E-state index < -0.39 is 4.92 Å². The molecule has 0 unspecified atom stereocenters. The first-order chi connectivity index (χ1) is 17.5. The van der Waals surface area contributed by atoms with Crippen LogP contribution in [0.3, 0.4) is 0 Å². The van der Waals surface area contributed by atoms with Crippen LogP contribution < -0.4 is 19.5 Å². The summed E-state index contributed by atoms with van der Waals surface area (Å²) in [6.07, 6.45) is 0. The maximum absolute atomic E-state index is 10.9. The molecule has 0 aliphatic rings. The lowest BCUT2D eigenvalue weighted by atomic mass is 10.2. The Labute approximate surface area is 223 Å². The van der Waals surface area contributed by atoms with Crippen molar-refractivity contribution in [2.45, 2.75) is 20.1 Å². The molecule has 0 atom stereocenters. The van der Waals surface area contributed by atoms with Crippen molar-refractivity contribution in [3.63, 3.8) is 0 Å². The Morgan fingerprint density at radius 3 is 2.22 bits per heavy atom. The third kappa shape index (κ3) is 6.88. The molecular weight excluding hydrogens is 571 g/mol. The zero-order valence-electron chi connectivity index (χ0n) is 19.6. The second-order valence-electron chi connectivity index (χ2n) is 7.84. The van der Waals surface area contributed by atoms with E-state index in [0.717, 1.165) is 31.9 Å². The van der Waals surface area contributed by atoms with Gasteiger partial charge in [-0.1, -0.05) is 18.2 Å². The fourth-order valence-electron chi connectivity index (χ4n) is 3.47. The highest BCUT2D eigenvalue weighted by Gasteiger charge is 2.13. The quantitative estimate of drug-likeness (QED) is 0.109. The first-order valence-corrected chi connectivity index (χ1v) is 12.5. The van der Waals surface area contributed by atoms with E-state index in [1.165, 1.54) is 12.1 Å². The van der Waals surface area contributed by atoms with Crippen LogP contribution in [-0.2, 0) is 13.2 Å². The SMILES string of the molecule is CCOc1cc(CNc2ccc(Oc3ccccc3)cc2)cc(I)c1OCc1ccc([N+](=O)[O-])cc1. The Hall–Kier alpha value is -3.79. The van der Waals surface area contributed by atoms with Crippen LogP contribution in [0.4, 0.5) is 11.4 Å². The summed E-state index contributed by atoms with van der Waals surface area (Å²) in [7, 11) is 0. The zero-order valence-corrected chi connectivity index (χ0v) is 21.8. The van der Waals surface area contributed by atoms with Gasteiger partial charge in [-0.05, 0) is 101 Å². The van der Waals surface area contributed by atoms with E-state index in [-0.39, 0.29) is 12.3 Å². The van der Waals surface area contributed by atoms with Crippen LogP contribution in [0.5, 0.6) is 23.0 Å². The van der Waals surface area contributed by atoms with Crippen LogP contribution in [0.1, 0.15) is 18.1 Å². The molecule has 4 aromatic rings. The van der Waals surface area contributed by atoms with Crippen molar-refractivity contribution in [2.24, 2.45) is 0 Å². The summed E-state index contributed by atoms with van der Waals surface area (Å²) in [5.74, 6) is 2.89. The largest absolute Gasteiger partial charge is 0.490 e. The predicted molar refractivity (Wildman–Crippen MR) is 148 cm³/mol. The number of hydrogen-bond acceptors (Lipinski definition) is 6. The number of nitro benzene ring substituents is 1. The van der Waals surface area contributed by atoms with Gasteiger partial charge in [-0.25, -0.2) is 0 Å². The van der Waals surface area contributed by atoms with Gasteiger partial charge >= 0.3 is 0 Å². The maximum Gasteiger partial charge on any atom is 0.269 e. The highest BCUT2D eigenvalue weighted by atomic mass is 127. The van der Waals surface area contributed by atoms with Crippen molar-refractivity contribution in [3.8, 4) is 23.0 Å². The van der Waals surface area contributed by atoms with Gasteiger partial charge in [0.15, 0.2) is 11.5 Å². The number of nitrogens with zero attached hydrogens (tertiary/aromatic N) is 1. The van der Waals surface area contributed by atoms with Crippen molar-refractivity contribution in [1.82, 2.24) is 0 Å². The molecule has 0 radical (unpaired) electrons. The molecule has 0 aliphatic carbocycles. The molecule has 184 valence electrons. The number of para-hydroxylation sites is 1. The third-order valence-corrected chi connectivity index (χ3v) is 6.03. The standard InChI is InChI=1S/C28H25IN2O5/c1-2-34-27-17-21(16-26(29)28(27)35-19-20-8-12-23(13-9-20)31(32)33)18-30-22-10-14-25(15-11-22)36-24-6-4-3-5-7-24/h3-17,30H,2,18-19H2,1H3. The molecule has 8 heteroatoms.